The van der Waals surface area contributed by atoms with Gasteiger partial charge in [0.25, 0.3) is 0 Å². The molecule has 0 radical (unpaired) electrons. The Hall–Kier alpha value is -0.440. The monoisotopic (exact) mass is 145 g/mol. The summed E-state index contributed by atoms with van der Waals surface area (Å²) in [6.07, 6.45) is 1.75. The number of hydrogen-bond donors (Lipinski definition) is 1. The lowest BCUT2D eigenvalue weighted by molar-refractivity contribution is -0.117. The first-order valence-electron chi connectivity index (χ1n) is 2.70. The number of primary amides is 1. The fourth-order valence-electron chi connectivity index (χ4n) is 0.295. The molecule has 1 unspecified atom stereocenters. The molecule has 0 heterocycles. The first-order valence-corrected chi connectivity index (χ1v) is 3.75. The lowest BCUT2D eigenvalue weighted by atomic mass is 10.5. The minimum Gasteiger partial charge on any atom is -0.369 e. The van der Waals surface area contributed by atoms with Crippen LogP contribution in [0, 0.1) is 0 Å². The fourth-order valence-corrected chi connectivity index (χ4v) is 0.884. The molecule has 9 heavy (non-hydrogen) atoms. The van der Waals surface area contributed by atoms with Gasteiger partial charge in [-0.05, 0) is 6.92 Å². The van der Waals surface area contributed by atoms with E-state index >= 15 is 0 Å². The number of carbonyl (C=O) groups is 1. The van der Waals surface area contributed by atoms with Crippen LogP contribution in [0.25, 0.3) is 0 Å². The second-order valence-corrected chi connectivity index (χ2v) is 3.04. The quantitative estimate of drug-likeness (QED) is 0.594. The zero-order valence-electron chi connectivity index (χ0n) is 5.46. The van der Waals surface area contributed by atoms with Gasteiger partial charge in [0.2, 0.25) is 5.91 Å². The number of thioether (sulfide) groups is 1. The molecule has 0 fully saturated rings. The average molecular weight is 145 g/mol. The third-order valence-electron chi connectivity index (χ3n) is 0.865. The highest BCUT2D eigenvalue weighted by Crippen LogP contribution is 2.08. The van der Waals surface area contributed by atoms with E-state index < -0.39 is 0 Å². The van der Waals surface area contributed by atoms with Crippen molar-refractivity contribution in [2.45, 2.75) is 12.2 Å². The van der Waals surface area contributed by atoms with Crippen molar-refractivity contribution in [1.29, 1.82) is 0 Å². The number of rotatable bonds is 4. The van der Waals surface area contributed by atoms with Crippen molar-refractivity contribution in [2.24, 2.45) is 5.73 Å². The van der Waals surface area contributed by atoms with Crippen LogP contribution in [0.4, 0.5) is 0 Å². The van der Waals surface area contributed by atoms with E-state index in [2.05, 4.69) is 6.58 Å². The summed E-state index contributed by atoms with van der Waals surface area (Å²) < 4.78 is 0. The Morgan fingerprint density at radius 3 is 2.89 bits per heavy atom. The third kappa shape index (κ3) is 4.09. The van der Waals surface area contributed by atoms with Crippen molar-refractivity contribution in [1.82, 2.24) is 0 Å². The molecule has 0 saturated carbocycles. The summed E-state index contributed by atoms with van der Waals surface area (Å²) in [5.74, 6) is 0.520. The van der Waals surface area contributed by atoms with E-state index in [0.29, 0.717) is 0 Å². The van der Waals surface area contributed by atoms with Crippen LogP contribution in [0.15, 0.2) is 12.7 Å². The second-order valence-electron chi connectivity index (χ2n) is 1.67. The predicted molar refractivity (Wildman–Crippen MR) is 41.3 cm³/mol. The Balaban J connectivity index is 3.37. The van der Waals surface area contributed by atoms with Crippen molar-refractivity contribution in [3.05, 3.63) is 12.7 Å². The number of nitrogens with two attached hydrogens (primary N) is 1. The van der Waals surface area contributed by atoms with Crippen LogP contribution in [0.1, 0.15) is 6.92 Å². The standard InChI is InChI=1S/C6H11NOS/c1-3-4-9-5(2)6(7)8/h3,5H,1,4H2,2H3,(H2,7,8). The van der Waals surface area contributed by atoms with Gasteiger partial charge in [-0.3, -0.25) is 4.79 Å². The molecule has 2 nitrogen and oxygen atoms in total. The van der Waals surface area contributed by atoms with E-state index in [1.807, 2.05) is 0 Å². The van der Waals surface area contributed by atoms with Crippen LogP contribution in [0.2, 0.25) is 0 Å². The largest absolute Gasteiger partial charge is 0.369 e. The van der Waals surface area contributed by atoms with Crippen molar-refractivity contribution < 1.29 is 4.79 Å². The predicted octanol–water partition coefficient (Wildman–Crippen LogP) is 0.779. The maximum absolute atomic E-state index is 10.4. The van der Waals surface area contributed by atoms with Crippen LogP contribution in [0.3, 0.4) is 0 Å². The minimum atomic E-state index is -0.262. The summed E-state index contributed by atoms with van der Waals surface area (Å²) in [6, 6.07) is 0. The van der Waals surface area contributed by atoms with Gasteiger partial charge >= 0.3 is 0 Å². The van der Waals surface area contributed by atoms with Crippen LogP contribution in [0.5, 0.6) is 0 Å². The summed E-state index contributed by atoms with van der Waals surface area (Å²) in [4.78, 5) is 10.4. The van der Waals surface area contributed by atoms with Crippen LogP contribution >= 0.6 is 11.8 Å². The highest BCUT2D eigenvalue weighted by atomic mass is 32.2. The normalized spacial score (nSPS) is 12.6. The van der Waals surface area contributed by atoms with Crippen LogP contribution in [-0.4, -0.2) is 16.9 Å². The molecule has 2 N–H and O–H groups in total. The smallest absolute Gasteiger partial charge is 0.230 e. The molecule has 0 aromatic heterocycles. The van der Waals surface area contributed by atoms with Crippen molar-refractivity contribution >= 4 is 17.7 Å². The lowest BCUT2D eigenvalue weighted by Crippen LogP contribution is -2.22. The molecule has 0 aromatic carbocycles. The first kappa shape index (κ1) is 8.56. The molecule has 1 atom stereocenters. The summed E-state index contributed by atoms with van der Waals surface area (Å²) in [5, 5.41) is -0.0944. The van der Waals surface area contributed by atoms with Gasteiger partial charge in [0.15, 0.2) is 0 Å². The maximum atomic E-state index is 10.4. The molecule has 0 spiro atoms. The highest BCUT2D eigenvalue weighted by molar-refractivity contribution is 8.00. The molecule has 1 amide bonds. The number of hydrogen-bond acceptors (Lipinski definition) is 2. The molecular formula is C6H11NOS. The molecule has 0 bridgehead atoms. The molecule has 0 aliphatic rings. The first-order chi connectivity index (χ1) is 4.18. The molecule has 0 saturated heterocycles. The summed E-state index contributed by atoms with van der Waals surface area (Å²) in [7, 11) is 0. The average Bonchev–Trinajstić information content (AvgIpc) is 1.82. The molecule has 52 valence electrons. The van der Waals surface area contributed by atoms with E-state index in [9.17, 15) is 4.79 Å². The molecule has 3 heteroatoms. The van der Waals surface area contributed by atoms with Crippen molar-refractivity contribution in [3.8, 4) is 0 Å². The van der Waals surface area contributed by atoms with E-state index in [1.165, 1.54) is 11.8 Å². The van der Waals surface area contributed by atoms with Crippen molar-refractivity contribution in [3.63, 3.8) is 0 Å². The molecule has 0 aromatic rings. The zero-order chi connectivity index (χ0) is 7.28. The van der Waals surface area contributed by atoms with E-state index in [-0.39, 0.29) is 11.2 Å². The molecule has 0 aliphatic carbocycles. The van der Waals surface area contributed by atoms with Gasteiger partial charge in [-0.15, -0.1) is 18.3 Å². The van der Waals surface area contributed by atoms with Crippen LogP contribution < -0.4 is 5.73 Å². The van der Waals surface area contributed by atoms with Gasteiger partial charge in [0, 0.05) is 5.75 Å². The topological polar surface area (TPSA) is 43.1 Å². The molecular weight excluding hydrogens is 134 g/mol. The van der Waals surface area contributed by atoms with Crippen molar-refractivity contribution in [2.75, 3.05) is 5.75 Å². The highest BCUT2D eigenvalue weighted by Gasteiger charge is 2.05. The van der Waals surface area contributed by atoms with Gasteiger partial charge in [0.05, 0.1) is 5.25 Å². The number of amides is 1. The summed E-state index contributed by atoms with van der Waals surface area (Å²) in [6.45, 7) is 5.31. The Bertz CT molecular complexity index is 114. The lowest BCUT2D eigenvalue weighted by Gasteiger charge is -2.02. The fraction of sp³-hybridized carbons (Fsp3) is 0.500. The van der Waals surface area contributed by atoms with Gasteiger partial charge in [-0.25, -0.2) is 0 Å². The molecule has 0 aliphatic heterocycles. The van der Waals surface area contributed by atoms with Gasteiger partial charge in [-0.2, -0.15) is 0 Å². The minimum absolute atomic E-state index is 0.0944. The third-order valence-corrected chi connectivity index (χ3v) is 2.03. The Labute approximate surface area is 59.5 Å². The summed E-state index contributed by atoms with van der Waals surface area (Å²) in [5.41, 5.74) is 4.98. The Kier molecular flexibility index (Phi) is 4.22. The maximum Gasteiger partial charge on any atom is 0.230 e. The molecule has 0 rings (SSSR count). The van der Waals surface area contributed by atoms with Gasteiger partial charge in [0.1, 0.15) is 0 Å². The Morgan fingerprint density at radius 2 is 2.56 bits per heavy atom. The Morgan fingerprint density at radius 1 is 2.00 bits per heavy atom. The van der Waals surface area contributed by atoms with E-state index in [4.69, 9.17) is 5.73 Å². The SMILES string of the molecule is C=CCSC(C)C(N)=O. The van der Waals surface area contributed by atoms with Gasteiger partial charge in [-0.1, -0.05) is 6.08 Å². The van der Waals surface area contributed by atoms with Gasteiger partial charge < -0.3 is 5.73 Å². The van der Waals surface area contributed by atoms with E-state index in [0.717, 1.165) is 5.75 Å². The van der Waals surface area contributed by atoms with E-state index in [1.54, 1.807) is 13.0 Å². The van der Waals surface area contributed by atoms with Crippen LogP contribution in [-0.2, 0) is 4.79 Å². The second kappa shape index (κ2) is 4.44. The number of carbonyl (C=O) groups excluding carboxylic acids is 1. The zero-order valence-corrected chi connectivity index (χ0v) is 6.28. The summed E-state index contributed by atoms with van der Waals surface area (Å²) >= 11 is 1.49.